The van der Waals surface area contributed by atoms with Gasteiger partial charge in [-0.15, -0.1) is 0 Å². The minimum absolute atomic E-state index is 0.189. The fraction of sp³-hybridized carbons (Fsp3) is 0.500. The zero-order chi connectivity index (χ0) is 11.1. The lowest BCUT2D eigenvalue weighted by atomic mass is 10.0. The van der Waals surface area contributed by atoms with Crippen molar-refractivity contribution in [3.05, 3.63) is 35.6 Å². The lowest BCUT2D eigenvalue weighted by Gasteiger charge is -2.17. The number of hydrogen-bond donors (Lipinski definition) is 1. The molecule has 0 saturated heterocycles. The third-order valence-corrected chi connectivity index (χ3v) is 2.38. The first-order valence-electron chi connectivity index (χ1n) is 5.25. The van der Waals surface area contributed by atoms with E-state index in [0.29, 0.717) is 6.61 Å². The molecule has 1 rings (SSSR count). The van der Waals surface area contributed by atoms with E-state index in [-0.39, 0.29) is 11.9 Å². The van der Waals surface area contributed by atoms with E-state index in [9.17, 15) is 4.39 Å². The molecule has 0 radical (unpaired) electrons. The largest absolute Gasteiger partial charge is 0.383 e. The molecule has 0 aliphatic rings. The van der Waals surface area contributed by atoms with Gasteiger partial charge in [0.2, 0.25) is 0 Å². The summed E-state index contributed by atoms with van der Waals surface area (Å²) in [6.45, 7) is 3.61. The average molecular weight is 211 g/mol. The summed E-state index contributed by atoms with van der Waals surface area (Å²) in [7, 11) is 1.68. The van der Waals surface area contributed by atoms with E-state index in [1.807, 2.05) is 12.1 Å². The zero-order valence-electron chi connectivity index (χ0n) is 9.29. The van der Waals surface area contributed by atoms with Crippen LogP contribution < -0.4 is 5.32 Å². The molecule has 0 aliphatic heterocycles. The summed E-state index contributed by atoms with van der Waals surface area (Å²) >= 11 is 0. The van der Waals surface area contributed by atoms with Gasteiger partial charge in [-0.2, -0.15) is 0 Å². The maximum absolute atomic E-state index is 12.7. The predicted molar refractivity (Wildman–Crippen MR) is 59.3 cm³/mol. The van der Waals surface area contributed by atoms with E-state index in [1.54, 1.807) is 7.11 Å². The van der Waals surface area contributed by atoms with Crippen LogP contribution in [-0.4, -0.2) is 20.3 Å². The van der Waals surface area contributed by atoms with Crippen molar-refractivity contribution in [3.8, 4) is 0 Å². The third kappa shape index (κ3) is 3.98. The van der Waals surface area contributed by atoms with Crippen molar-refractivity contribution in [2.24, 2.45) is 0 Å². The van der Waals surface area contributed by atoms with Gasteiger partial charge in [-0.25, -0.2) is 4.39 Å². The highest BCUT2D eigenvalue weighted by atomic mass is 19.1. The minimum atomic E-state index is -0.189. The molecule has 0 aliphatic carbocycles. The molecular formula is C12H18FNO. The molecule has 0 saturated carbocycles. The van der Waals surface area contributed by atoms with Crippen LogP contribution in [0.4, 0.5) is 4.39 Å². The molecular weight excluding hydrogens is 193 g/mol. The Hall–Kier alpha value is -0.930. The summed E-state index contributed by atoms with van der Waals surface area (Å²) in [5.41, 5.74) is 1.12. The number of rotatable bonds is 6. The summed E-state index contributed by atoms with van der Waals surface area (Å²) in [6.07, 6.45) is 0.981. The van der Waals surface area contributed by atoms with Gasteiger partial charge in [0, 0.05) is 19.7 Å². The molecule has 0 aromatic heterocycles. The van der Waals surface area contributed by atoms with Crippen LogP contribution in [0.1, 0.15) is 24.9 Å². The lowest BCUT2D eigenvalue weighted by molar-refractivity contribution is 0.195. The monoisotopic (exact) mass is 211 g/mol. The first-order chi connectivity index (χ1) is 7.27. The van der Waals surface area contributed by atoms with Crippen molar-refractivity contribution in [2.75, 3.05) is 20.3 Å². The molecule has 0 amide bonds. The van der Waals surface area contributed by atoms with Gasteiger partial charge in [-0.05, 0) is 24.1 Å². The Balaban J connectivity index is 2.53. The van der Waals surface area contributed by atoms with Crippen LogP contribution in [0.5, 0.6) is 0 Å². The highest BCUT2D eigenvalue weighted by molar-refractivity contribution is 5.19. The smallest absolute Gasteiger partial charge is 0.123 e. The Labute approximate surface area is 90.4 Å². The van der Waals surface area contributed by atoms with Gasteiger partial charge in [0.1, 0.15) is 5.82 Å². The summed E-state index contributed by atoms with van der Waals surface area (Å²) in [4.78, 5) is 0. The topological polar surface area (TPSA) is 21.3 Å². The van der Waals surface area contributed by atoms with Gasteiger partial charge in [-0.1, -0.05) is 19.1 Å². The third-order valence-electron chi connectivity index (χ3n) is 2.38. The van der Waals surface area contributed by atoms with Crippen LogP contribution in [0.2, 0.25) is 0 Å². The lowest BCUT2D eigenvalue weighted by Crippen LogP contribution is -2.24. The predicted octanol–water partition coefficient (Wildman–Crippen LogP) is 2.51. The van der Waals surface area contributed by atoms with E-state index in [2.05, 4.69) is 12.2 Å². The van der Waals surface area contributed by atoms with Crippen molar-refractivity contribution in [1.29, 1.82) is 0 Å². The number of hydrogen-bond acceptors (Lipinski definition) is 2. The van der Waals surface area contributed by atoms with Gasteiger partial charge >= 0.3 is 0 Å². The zero-order valence-corrected chi connectivity index (χ0v) is 9.29. The van der Waals surface area contributed by atoms with Crippen LogP contribution in [0.3, 0.4) is 0 Å². The second-order valence-electron chi connectivity index (χ2n) is 3.46. The SMILES string of the molecule is CC[C@@H](NCCOC)c1ccc(F)cc1. The Morgan fingerprint density at radius 2 is 2.00 bits per heavy atom. The standard InChI is InChI=1S/C12H18FNO/c1-3-12(14-8-9-15-2)10-4-6-11(13)7-5-10/h4-7,12,14H,3,8-9H2,1-2H3/t12-/m1/s1. The molecule has 3 heteroatoms. The van der Waals surface area contributed by atoms with Crippen LogP contribution >= 0.6 is 0 Å². The van der Waals surface area contributed by atoms with Gasteiger partial charge in [0.05, 0.1) is 6.61 Å². The van der Waals surface area contributed by atoms with E-state index in [1.165, 1.54) is 12.1 Å². The first kappa shape index (κ1) is 12.1. The second-order valence-corrected chi connectivity index (χ2v) is 3.46. The van der Waals surface area contributed by atoms with E-state index in [0.717, 1.165) is 18.5 Å². The van der Waals surface area contributed by atoms with Crippen LogP contribution in [0.15, 0.2) is 24.3 Å². The Bertz CT molecular complexity index is 273. The fourth-order valence-electron chi connectivity index (χ4n) is 1.53. The van der Waals surface area contributed by atoms with Crippen LogP contribution in [0, 0.1) is 5.82 Å². The summed E-state index contributed by atoms with van der Waals surface area (Å²) in [5.74, 6) is -0.189. The minimum Gasteiger partial charge on any atom is -0.383 e. The highest BCUT2D eigenvalue weighted by Crippen LogP contribution is 2.16. The number of methoxy groups -OCH3 is 1. The molecule has 1 aromatic carbocycles. The molecule has 0 bridgehead atoms. The van der Waals surface area contributed by atoms with Crippen molar-refractivity contribution in [1.82, 2.24) is 5.32 Å². The molecule has 1 aromatic rings. The van der Waals surface area contributed by atoms with E-state index < -0.39 is 0 Å². The summed E-state index contributed by atoms with van der Waals surface area (Å²) < 4.78 is 17.7. The van der Waals surface area contributed by atoms with Gasteiger partial charge in [0.15, 0.2) is 0 Å². The van der Waals surface area contributed by atoms with Crippen molar-refractivity contribution < 1.29 is 9.13 Å². The highest BCUT2D eigenvalue weighted by Gasteiger charge is 2.07. The van der Waals surface area contributed by atoms with E-state index >= 15 is 0 Å². The number of benzene rings is 1. The molecule has 1 atom stereocenters. The first-order valence-corrected chi connectivity index (χ1v) is 5.25. The molecule has 84 valence electrons. The average Bonchev–Trinajstić information content (AvgIpc) is 2.26. The van der Waals surface area contributed by atoms with Crippen LogP contribution in [-0.2, 0) is 4.74 Å². The van der Waals surface area contributed by atoms with Gasteiger partial charge in [0.25, 0.3) is 0 Å². The van der Waals surface area contributed by atoms with Gasteiger partial charge in [-0.3, -0.25) is 0 Å². The van der Waals surface area contributed by atoms with E-state index in [4.69, 9.17) is 4.74 Å². The molecule has 0 heterocycles. The summed E-state index contributed by atoms with van der Waals surface area (Å²) in [5, 5.41) is 3.36. The quantitative estimate of drug-likeness (QED) is 0.730. The van der Waals surface area contributed by atoms with Crippen molar-refractivity contribution >= 4 is 0 Å². The molecule has 2 nitrogen and oxygen atoms in total. The van der Waals surface area contributed by atoms with Crippen molar-refractivity contribution in [2.45, 2.75) is 19.4 Å². The Morgan fingerprint density at radius 1 is 1.33 bits per heavy atom. The molecule has 0 fully saturated rings. The maximum Gasteiger partial charge on any atom is 0.123 e. The van der Waals surface area contributed by atoms with Gasteiger partial charge < -0.3 is 10.1 Å². The number of nitrogens with one attached hydrogen (secondary N) is 1. The molecule has 15 heavy (non-hydrogen) atoms. The number of ether oxygens (including phenoxy) is 1. The van der Waals surface area contributed by atoms with Crippen LogP contribution in [0.25, 0.3) is 0 Å². The second kappa shape index (κ2) is 6.53. The molecule has 0 spiro atoms. The normalized spacial score (nSPS) is 12.7. The fourth-order valence-corrected chi connectivity index (χ4v) is 1.53. The Kier molecular flexibility index (Phi) is 5.29. The maximum atomic E-state index is 12.7. The Morgan fingerprint density at radius 3 is 2.53 bits per heavy atom. The molecule has 1 N–H and O–H groups in total. The molecule has 0 unspecified atom stereocenters. The number of halogens is 1. The summed E-state index contributed by atoms with van der Waals surface area (Å²) in [6, 6.07) is 6.92. The van der Waals surface area contributed by atoms with Crippen molar-refractivity contribution in [3.63, 3.8) is 0 Å².